The molecule has 1 heterocycles. The van der Waals surface area contributed by atoms with E-state index in [4.69, 9.17) is 11.6 Å². The number of aromatic nitrogens is 2. The van der Waals surface area contributed by atoms with Gasteiger partial charge in [0.15, 0.2) is 5.16 Å². The minimum absolute atomic E-state index is 0.161. The number of anilines is 1. The van der Waals surface area contributed by atoms with E-state index in [0.29, 0.717) is 29.1 Å². The van der Waals surface area contributed by atoms with E-state index in [1.807, 2.05) is 6.26 Å². The second-order valence-corrected chi connectivity index (χ2v) is 6.89. The molecule has 0 radical (unpaired) electrons. The molecule has 0 saturated heterocycles. The van der Waals surface area contributed by atoms with Gasteiger partial charge in [0.2, 0.25) is 0 Å². The van der Waals surface area contributed by atoms with Crippen LogP contribution in [-0.4, -0.2) is 43.2 Å². The molecule has 0 bridgehead atoms. The summed E-state index contributed by atoms with van der Waals surface area (Å²) in [5, 5.41) is 3.98. The van der Waals surface area contributed by atoms with E-state index in [1.54, 1.807) is 6.07 Å². The van der Waals surface area contributed by atoms with Crippen LogP contribution in [0, 0.1) is 0 Å². The Labute approximate surface area is 110 Å². The van der Waals surface area contributed by atoms with E-state index in [1.165, 1.54) is 18.0 Å². The molecule has 1 aromatic rings. The molecule has 96 valence electrons. The maximum atomic E-state index is 10.9. The average molecular weight is 296 g/mol. The molecule has 1 aromatic heterocycles. The van der Waals surface area contributed by atoms with Crippen LogP contribution in [0.25, 0.3) is 0 Å². The lowest BCUT2D eigenvalue weighted by atomic mass is 10.4. The quantitative estimate of drug-likeness (QED) is 0.373. The van der Waals surface area contributed by atoms with Crippen molar-refractivity contribution >= 4 is 39.0 Å². The second kappa shape index (κ2) is 6.42. The number of rotatable bonds is 6. The highest BCUT2D eigenvalue weighted by molar-refractivity contribution is 7.98. The van der Waals surface area contributed by atoms with Crippen molar-refractivity contribution in [2.75, 3.05) is 30.1 Å². The van der Waals surface area contributed by atoms with Crippen LogP contribution >= 0.6 is 23.4 Å². The minimum atomic E-state index is -2.90. The molecule has 0 aliphatic rings. The van der Waals surface area contributed by atoms with Gasteiger partial charge in [-0.2, -0.15) is 0 Å². The average Bonchev–Trinajstić information content (AvgIpc) is 2.22. The SMILES string of the molecule is CSc1nc(Cl)cc(NCCCS(C)(=O)=O)n1. The lowest BCUT2D eigenvalue weighted by Gasteiger charge is -2.06. The molecule has 8 heteroatoms. The fraction of sp³-hybridized carbons (Fsp3) is 0.556. The van der Waals surface area contributed by atoms with Crippen LogP contribution in [0.3, 0.4) is 0 Å². The maximum Gasteiger partial charge on any atom is 0.190 e. The summed E-state index contributed by atoms with van der Waals surface area (Å²) in [6.45, 7) is 0.536. The van der Waals surface area contributed by atoms with Gasteiger partial charge in [0.05, 0.1) is 5.75 Å². The molecule has 17 heavy (non-hydrogen) atoms. The molecule has 1 rings (SSSR count). The Morgan fingerprint density at radius 2 is 2.18 bits per heavy atom. The Balaban J connectivity index is 2.49. The summed E-state index contributed by atoms with van der Waals surface area (Å²) in [7, 11) is -2.90. The number of nitrogens with one attached hydrogen (secondary N) is 1. The molecule has 0 aliphatic heterocycles. The fourth-order valence-corrected chi connectivity index (χ4v) is 2.41. The van der Waals surface area contributed by atoms with Crippen molar-refractivity contribution in [1.29, 1.82) is 0 Å². The zero-order chi connectivity index (χ0) is 12.9. The largest absolute Gasteiger partial charge is 0.370 e. The number of nitrogens with zero attached hydrogens (tertiary/aromatic N) is 2. The molecule has 0 atom stereocenters. The molecule has 0 unspecified atom stereocenters. The second-order valence-electron chi connectivity index (χ2n) is 3.47. The Kier molecular flexibility index (Phi) is 5.48. The highest BCUT2D eigenvalue weighted by Crippen LogP contribution is 2.16. The van der Waals surface area contributed by atoms with Crippen molar-refractivity contribution in [3.05, 3.63) is 11.2 Å². The number of halogens is 1. The third-order valence-electron chi connectivity index (χ3n) is 1.85. The Hall–Kier alpha value is -0.530. The number of thioether (sulfide) groups is 1. The van der Waals surface area contributed by atoms with E-state index >= 15 is 0 Å². The van der Waals surface area contributed by atoms with E-state index in [0.717, 1.165) is 0 Å². The van der Waals surface area contributed by atoms with Crippen molar-refractivity contribution < 1.29 is 8.42 Å². The standard InChI is InChI=1S/C9H14ClN3O2S2/c1-16-9-12-7(10)6-8(13-9)11-4-3-5-17(2,14)15/h6H,3-5H2,1-2H3,(H,11,12,13). The first kappa shape index (κ1) is 14.5. The van der Waals surface area contributed by atoms with E-state index in [9.17, 15) is 8.42 Å². The van der Waals surface area contributed by atoms with Crippen molar-refractivity contribution in [1.82, 2.24) is 9.97 Å². The highest BCUT2D eigenvalue weighted by atomic mass is 35.5. The Morgan fingerprint density at radius 3 is 2.76 bits per heavy atom. The fourth-order valence-electron chi connectivity index (χ4n) is 1.13. The van der Waals surface area contributed by atoms with Crippen LogP contribution < -0.4 is 5.32 Å². The summed E-state index contributed by atoms with van der Waals surface area (Å²) < 4.78 is 21.8. The van der Waals surface area contributed by atoms with E-state index in [-0.39, 0.29) is 5.75 Å². The zero-order valence-electron chi connectivity index (χ0n) is 9.60. The van der Waals surface area contributed by atoms with Gasteiger partial charge >= 0.3 is 0 Å². The molecule has 0 aliphatic carbocycles. The molecule has 0 spiro atoms. The summed E-state index contributed by atoms with van der Waals surface area (Å²) in [6.07, 6.45) is 3.62. The minimum Gasteiger partial charge on any atom is -0.370 e. The number of hydrogen-bond acceptors (Lipinski definition) is 6. The molecule has 0 amide bonds. The van der Waals surface area contributed by atoms with Crippen LogP contribution in [0.5, 0.6) is 0 Å². The highest BCUT2D eigenvalue weighted by Gasteiger charge is 2.04. The molecule has 0 fully saturated rings. The number of hydrogen-bond donors (Lipinski definition) is 1. The van der Waals surface area contributed by atoms with E-state index in [2.05, 4.69) is 15.3 Å². The first-order chi connectivity index (χ1) is 7.90. The van der Waals surface area contributed by atoms with Crippen molar-refractivity contribution in [3.63, 3.8) is 0 Å². The maximum absolute atomic E-state index is 10.9. The first-order valence-electron chi connectivity index (χ1n) is 4.91. The number of sulfone groups is 1. The monoisotopic (exact) mass is 295 g/mol. The molecular formula is C9H14ClN3O2S2. The first-order valence-corrected chi connectivity index (χ1v) is 8.57. The predicted octanol–water partition coefficient (Wildman–Crippen LogP) is 1.70. The van der Waals surface area contributed by atoms with Crippen LogP contribution in [0.4, 0.5) is 5.82 Å². The molecule has 0 saturated carbocycles. The summed E-state index contributed by atoms with van der Waals surface area (Å²) in [5.74, 6) is 0.775. The topological polar surface area (TPSA) is 72.0 Å². The Bertz CT molecular complexity index is 479. The zero-order valence-corrected chi connectivity index (χ0v) is 12.0. The van der Waals surface area contributed by atoms with Gasteiger partial charge in [-0.1, -0.05) is 23.4 Å². The van der Waals surface area contributed by atoms with Crippen molar-refractivity contribution in [2.24, 2.45) is 0 Å². The summed E-state index contributed by atoms with van der Waals surface area (Å²) in [5.41, 5.74) is 0. The van der Waals surface area contributed by atoms with Crippen molar-refractivity contribution in [2.45, 2.75) is 11.6 Å². The van der Waals surface area contributed by atoms with Gasteiger partial charge < -0.3 is 5.32 Å². The van der Waals surface area contributed by atoms with Gasteiger partial charge in [-0.15, -0.1) is 0 Å². The van der Waals surface area contributed by atoms with E-state index < -0.39 is 9.84 Å². The third kappa shape index (κ3) is 6.09. The predicted molar refractivity (Wildman–Crippen MR) is 71.6 cm³/mol. The van der Waals surface area contributed by atoms with Crippen LogP contribution in [0.2, 0.25) is 5.15 Å². The Morgan fingerprint density at radius 1 is 1.47 bits per heavy atom. The van der Waals surface area contributed by atoms with Crippen LogP contribution in [-0.2, 0) is 9.84 Å². The van der Waals surface area contributed by atoms with Gasteiger partial charge in [0.25, 0.3) is 0 Å². The molecule has 0 aromatic carbocycles. The summed E-state index contributed by atoms with van der Waals surface area (Å²) in [6, 6.07) is 1.61. The third-order valence-corrected chi connectivity index (χ3v) is 3.63. The van der Waals surface area contributed by atoms with Gasteiger partial charge in [-0.25, -0.2) is 18.4 Å². The molecule has 1 N–H and O–H groups in total. The lowest BCUT2D eigenvalue weighted by Crippen LogP contribution is -2.10. The lowest BCUT2D eigenvalue weighted by molar-refractivity contribution is 0.600. The van der Waals surface area contributed by atoms with Crippen LogP contribution in [0.1, 0.15) is 6.42 Å². The van der Waals surface area contributed by atoms with Gasteiger partial charge in [0, 0.05) is 18.9 Å². The van der Waals surface area contributed by atoms with Gasteiger partial charge in [-0.3, -0.25) is 0 Å². The van der Waals surface area contributed by atoms with Crippen LogP contribution in [0.15, 0.2) is 11.2 Å². The summed E-state index contributed by atoms with van der Waals surface area (Å²) >= 11 is 7.21. The smallest absolute Gasteiger partial charge is 0.190 e. The van der Waals surface area contributed by atoms with Gasteiger partial charge in [0.1, 0.15) is 20.8 Å². The summed E-state index contributed by atoms with van der Waals surface area (Å²) in [4.78, 5) is 8.19. The molecular weight excluding hydrogens is 282 g/mol. The van der Waals surface area contributed by atoms with Gasteiger partial charge in [-0.05, 0) is 12.7 Å². The molecule has 5 nitrogen and oxygen atoms in total. The normalized spacial score (nSPS) is 11.5. The van der Waals surface area contributed by atoms with Crippen molar-refractivity contribution in [3.8, 4) is 0 Å².